The predicted molar refractivity (Wildman–Crippen MR) is 61.9 cm³/mol. The smallest absolute Gasteiger partial charge is 0.312 e. The van der Waals surface area contributed by atoms with Crippen LogP contribution in [0.15, 0.2) is 0 Å². The number of ether oxygens (including phenoxy) is 1. The summed E-state index contributed by atoms with van der Waals surface area (Å²) in [5.41, 5.74) is 0. The second-order valence-electron chi connectivity index (χ2n) is 4.41. The maximum atomic E-state index is 11.9. The van der Waals surface area contributed by atoms with Crippen LogP contribution in [-0.2, 0) is 19.1 Å². The SMILES string of the molecule is CC(C)NC(=O)C1COCCN1C(=O)CC(=O)O. The van der Waals surface area contributed by atoms with Crippen molar-refractivity contribution in [3.05, 3.63) is 0 Å². The third kappa shape index (κ3) is 3.99. The van der Waals surface area contributed by atoms with Gasteiger partial charge in [-0.3, -0.25) is 14.4 Å². The fourth-order valence-electron chi connectivity index (χ4n) is 1.73. The number of carbonyl (C=O) groups is 3. The Hall–Kier alpha value is -1.63. The number of hydrogen-bond donors (Lipinski definition) is 2. The molecule has 1 aliphatic heterocycles. The molecule has 2 amide bonds. The van der Waals surface area contributed by atoms with E-state index in [0.29, 0.717) is 6.61 Å². The molecule has 1 rings (SSSR count). The summed E-state index contributed by atoms with van der Waals surface area (Å²) in [4.78, 5) is 35.4. The summed E-state index contributed by atoms with van der Waals surface area (Å²) in [6, 6.07) is -0.788. The van der Waals surface area contributed by atoms with Crippen LogP contribution in [0.2, 0.25) is 0 Å². The van der Waals surface area contributed by atoms with Gasteiger partial charge in [-0.15, -0.1) is 0 Å². The van der Waals surface area contributed by atoms with E-state index in [1.807, 2.05) is 13.8 Å². The van der Waals surface area contributed by atoms with Crippen molar-refractivity contribution in [3.63, 3.8) is 0 Å². The van der Waals surface area contributed by atoms with Crippen LogP contribution in [0, 0.1) is 0 Å². The van der Waals surface area contributed by atoms with Gasteiger partial charge in [0, 0.05) is 12.6 Å². The highest BCUT2D eigenvalue weighted by atomic mass is 16.5. The van der Waals surface area contributed by atoms with Gasteiger partial charge in [0.15, 0.2) is 0 Å². The first-order chi connectivity index (χ1) is 8.41. The molecular weight excluding hydrogens is 240 g/mol. The van der Waals surface area contributed by atoms with Crippen LogP contribution >= 0.6 is 0 Å². The highest BCUT2D eigenvalue weighted by Crippen LogP contribution is 2.09. The zero-order valence-electron chi connectivity index (χ0n) is 10.5. The highest BCUT2D eigenvalue weighted by Gasteiger charge is 2.33. The number of hydrogen-bond acceptors (Lipinski definition) is 4. The number of aliphatic carboxylic acids is 1. The molecule has 7 nitrogen and oxygen atoms in total. The summed E-state index contributed by atoms with van der Waals surface area (Å²) in [6.45, 7) is 4.28. The lowest BCUT2D eigenvalue weighted by Gasteiger charge is -2.34. The van der Waals surface area contributed by atoms with Gasteiger partial charge in [-0.05, 0) is 13.8 Å². The van der Waals surface area contributed by atoms with E-state index in [-0.39, 0.29) is 25.1 Å². The molecular formula is C11H18N2O5. The molecule has 18 heavy (non-hydrogen) atoms. The minimum absolute atomic E-state index is 0.0455. The van der Waals surface area contributed by atoms with Gasteiger partial charge in [-0.2, -0.15) is 0 Å². The van der Waals surface area contributed by atoms with Crippen LogP contribution in [0.5, 0.6) is 0 Å². The van der Waals surface area contributed by atoms with E-state index >= 15 is 0 Å². The maximum Gasteiger partial charge on any atom is 0.312 e. The first kappa shape index (κ1) is 14.4. The number of nitrogens with zero attached hydrogens (tertiary/aromatic N) is 1. The van der Waals surface area contributed by atoms with Gasteiger partial charge >= 0.3 is 5.97 Å². The Bertz CT molecular complexity index is 342. The molecule has 1 fully saturated rings. The lowest BCUT2D eigenvalue weighted by atomic mass is 10.2. The number of carboxylic acid groups (broad SMARTS) is 1. The van der Waals surface area contributed by atoms with Gasteiger partial charge in [-0.1, -0.05) is 0 Å². The molecule has 7 heteroatoms. The van der Waals surface area contributed by atoms with Crippen molar-refractivity contribution in [2.24, 2.45) is 0 Å². The predicted octanol–water partition coefficient (Wildman–Crippen LogP) is -0.787. The van der Waals surface area contributed by atoms with Crippen LogP contribution in [0.4, 0.5) is 0 Å². The number of amides is 2. The molecule has 1 heterocycles. The second-order valence-corrected chi connectivity index (χ2v) is 4.41. The summed E-state index contributed by atoms with van der Waals surface area (Å²) in [5.74, 6) is -2.08. The zero-order valence-corrected chi connectivity index (χ0v) is 10.5. The number of carboxylic acids is 1. The van der Waals surface area contributed by atoms with Gasteiger partial charge in [0.25, 0.3) is 0 Å². The Morgan fingerprint density at radius 1 is 1.44 bits per heavy atom. The Morgan fingerprint density at radius 3 is 2.67 bits per heavy atom. The average molecular weight is 258 g/mol. The topological polar surface area (TPSA) is 95.9 Å². The van der Waals surface area contributed by atoms with Gasteiger partial charge in [0.1, 0.15) is 12.5 Å². The number of rotatable bonds is 4. The lowest BCUT2D eigenvalue weighted by Crippen LogP contribution is -2.57. The fraction of sp³-hybridized carbons (Fsp3) is 0.727. The molecule has 102 valence electrons. The fourth-order valence-corrected chi connectivity index (χ4v) is 1.73. The largest absolute Gasteiger partial charge is 0.481 e. The average Bonchev–Trinajstić information content (AvgIpc) is 2.27. The van der Waals surface area contributed by atoms with Crippen molar-refractivity contribution >= 4 is 17.8 Å². The Kier molecular flexibility index (Phi) is 5.08. The van der Waals surface area contributed by atoms with E-state index in [2.05, 4.69) is 5.32 Å². The van der Waals surface area contributed by atoms with Crippen LogP contribution in [-0.4, -0.2) is 59.6 Å². The van der Waals surface area contributed by atoms with Crippen LogP contribution in [0.1, 0.15) is 20.3 Å². The first-order valence-electron chi connectivity index (χ1n) is 5.81. The number of carbonyl (C=O) groups excluding carboxylic acids is 2. The Morgan fingerprint density at radius 2 is 2.11 bits per heavy atom. The highest BCUT2D eigenvalue weighted by molar-refractivity contribution is 5.96. The van der Waals surface area contributed by atoms with E-state index in [4.69, 9.17) is 9.84 Å². The molecule has 0 aromatic heterocycles. The molecule has 2 N–H and O–H groups in total. The summed E-state index contributed by atoms with van der Waals surface area (Å²) >= 11 is 0. The maximum absolute atomic E-state index is 11.9. The Labute approximate surface area is 105 Å². The molecule has 0 bridgehead atoms. The summed E-state index contributed by atoms with van der Waals surface area (Å²) in [7, 11) is 0. The monoisotopic (exact) mass is 258 g/mol. The van der Waals surface area contributed by atoms with Crippen molar-refractivity contribution in [2.45, 2.75) is 32.4 Å². The molecule has 0 aromatic carbocycles. The minimum Gasteiger partial charge on any atom is -0.481 e. The number of morpholine rings is 1. The summed E-state index contributed by atoms with van der Waals surface area (Å²) in [6.07, 6.45) is -0.606. The zero-order chi connectivity index (χ0) is 13.7. The third-order valence-corrected chi connectivity index (χ3v) is 2.48. The summed E-state index contributed by atoms with van der Waals surface area (Å²) in [5, 5.41) is 11.3. The molecule has 1 unspecified atom stereocenters. The van der Waals surface area contributed by atoms with E-state index < -0.39 is 24.3 Å². The molecule has 0 radical (unpaired) electrons. The molecule has 0 aliphatic carbocycles. The lowest BCUT2D eigenvalue weighted by molar-refractivity contribution is -0.153. The van der Waals surface area contributed by atoms with E-state index in [9.17, 15) is 14.4 Å². The summed E-state index contributed by atoms with van der Waals surface area (Å²) < 4.78 is 5.17. The van der Waals surface area contributed by atoms with E-state index in [1.54, 1.807) is 0 Å². The Balaban J connectivity index is 2.70. The van der Waals surface area contributed by atoms with Crippen molar-refractivity contribution in [2.75, 3.05) is 19.8 Å². The first-order valence-corrected chi connectivity index (χ1v) is 5.81. The molecule has 0 spiro atoms. The number of nitrogens with one attached hydrogen (secondary N) is 1. The van der Waals surface area contributed by atoms with Crippen molar-refractivity contribution < 1.29 is 24.2 Å². The van der Waals surface area contributed by atoms with Crippen molar-refractivity contribution in [3.8, 4) is 0 Å². The van der Waals surface area contributed by atoms with Gasteiger partial charge in [0.2, 0.25) is 11.8 Å². The standard InChI is InChI=1S/C11H18N2O5/c1-7(2)12-11(17)8-6-18-4-3-13(8)9(14)5-10(15)16/h7-8H,3-6H2,1-2H3,(H,12,17)(H,15,16). The molecule has 1 saturated heterocycles. The minimum atomic E-state index is -1.20. The normalized spacial score (nSPS) is 19.7. The van der Waals surface area contributed by atoms with Crippen molar-refractivity contribution in [1.82, 2.24) is 10.2 Å². The van der Waals surface area contributed by atoms with Gasteiger partial charge in [-0.25, -0.2) is 0 Å². The van der Waals surface area contributed by atoms with Gasteiger partial charge in [0.05, 0.1) is 13.2 Å². The molecule has 1 atom stereocenters. The van der Waals surface area contributed by atoms with E-state index in [1.165, 1.54) is 4.90 Å². The van der Waals surface area contributed by atoms with Crippen LogP contribution < -0.4 is 5.32 Å². The third-order valence-electron chi connectivity index (χ3n) is 2.48. The van der Waals surface area contributed by atoms with Gasteiger partial charge < -0.3 is 20.1 Å². The van der Waals surface area contributed by atoms with Crippen molar-refractivity contribution in [1.29, 1.82) is 0 Å². The van der Waals surface area contributed by atoms with Crippen LogP contribution in [0.3, 0.4) is 0 Å². The second kappa shape index (κ2) is 6.34. The molecule has 0 aromatic rings. The van der Waals surface area contributed by atoms with Crippen LogP contribution in [0.25, 0.3) is 0 Å². The molecule has 0 saturated carbocycles. The quantitative estimate of drug-likeness (QED) is 0.644. The van der Waals surface area contributed by atoms with E-state index in [0.717, 1.165) is 0 Å². The molecule has 1 aliphatic rings.